The highest BCUT2D eigenvalue weighted by Gasteiger charge is 2.65. The van der Waals surface area contributed by atoms with Gasteiger partial charge in [0.2, 0.25) is 0 Å². The minimum atomic E-state index is 0.0494. The number of ether oxygens (including phenoxy) is 2. The summed E-state index contributed by atoms with van der Waals surface area (Å²) in [7, 11) is 0. The normalized spacial score (nSPS) is 57.8. The van der Waals surface area contributed by atoms with Crippen molar-refractivity contribution in [1.82, 2.24) is 0 Å². The van der Waals surface area contributed by atoms with Gasteiger partial charge in [0, 0.05) is 12.0 Å². The summed E-state index contributed by atoms with van der Waals surface area (Å²) in [4.78, 5) is 12.1. The van der Waals surface area contributed by atoms with Crippen LogP contribution < -0.4 is 0 Å². The Hall–Kier alpha value is -0.570. The van der Waals surface area contributed by atoms with Crippen molar-refractivity contribution in [2.24, 2.45) is 28.6 Å². The third-order valence-electron chi connectivity index (χ3n) is 7.21. The van der Waals surface area contributed by atoms with Crippen molar-refractivity contribution in [2.75, 3.05) is 13.2 Å². The first kappa shape index (κ1) is 13.1. The van der Waals surface area contributed by atoms with E-state index in [-0.39, 0.29) is 28.3 Å². The molecule has 3 heteroatoms. The molecule has 0 unspecified atom stereocenters. The van der Waals surface area contributed by atoms with E-state index in [0.29, 0.717) is 18.4 Å². The summed E-state index contributed by atoms with van der Waals surface area (Å²) in [6, 6.07) is 0. The van der Waals surface area contributed by atoms with Crippen molar-refractivity contribution in [2.45, 2.75) is 58.5 Å². The van der Waals surface area contributed by atoms with E-state index in [1.165, 1.54) is 19.3 Å². The predicted molar refractivity (Wildman–Crippen MR) is 75.1 cm³/mol. The van der Waals surface area contributed by atoms with Crippen LogP contribution in [0.15, 0.2) is 0 Å². The Kier molecular flexibility index (Phi) is 2.49. The van der Waals surface area contributed by atoms with Crippen molar-refractivity contribution in [3.8, 4) is 0 Å². The minimum absolute atomic E-state index is 0.0494. The Morgan fingerprint density at radius 1 is 1.10 bits per heavy atom. The molecule has 112 valence electrons. The SMILES string of the molecule is C[C@]12COC(=O)[C@H](C1)C[C@]1(C)[C@H]3CCO[C@]3(C)CC[C@@H]21. The number of hydrogen-bond acceptors (Lipinski definition) is 3. The second-order valence-electron chi connectivity index (χ2n) is 8.47. The zero-order valence-electron chi connectivity index (χ0n) is 12.9. The van der Waals surface area contributed by atoms with Gasteiger partial charge < -0.3 is 9.47 Å². The second kappa shape index (κ2) is 3.79. The molecule has 0 aromatic heterocycles. The lowest BCUT2D eigenvalue weighted by Gasteiger charge is -2.63. The first-order valence-corrected chi connectivity index (χ1v) is 8.18. The summed E-state index contributed by atoms with van der Waals surface area (Å²) in [6.07, 6.45) is 5.61. The molecule has 4 aliphatic rings. The average Bonchev–Trinajstić information content (AvgIpc) is 2.77. The van der Waals surface area contributed by atoms with E-state index in [1.54, 1.807) is 0 Å². The molecular formula is C17H26O3. The van der Waals surface area contributed by atoms with Gasteiger partial charge in [0.1, 0.15) is 0 Å². The monoisotopic (exact) mass is 278 g/mol. The molecule has 2 heterocycles. The number of esters is 1. The first-order chi connectivity index (χ1) is 9.37. The maximum atomic E-state index is 12.1. The van der Waals surface area contributed by atoms with Gasteiger partial charge in [-0.2, -0.15) is 0 Å². The molecule has 6 atom stereocenters. The highest BCUT2D eigenvalue weighted by molar-refractivity contribution is 5.73. The molecule has 0 N–H and O–H groups in total. The maximum Gasteiger partial charge on any atom is 0.308 e. The molecule has 4 rings (SSSR count). The van der Waals surface area contributed by atoms with Crippen molar-refractivity contribution in [3.63, 3.8) is 0 Å². The molecule has 0 aromatic rings. The third-order valence-corrected chi connectivity index (χ3v) is 7.21. The lowest BCUT2D eigenvalue weighted by atomic mass is 9.43. The molecule has 2 saturated carbocycles. The molecule has 4 fully saturated rings. The lowest BCUT2D eigenvalue weighted by molar-refractivity contribution is -0.210. The van der Waals surface area contributed by atoms with Gasteiger partial charge in [0.15, 0.2) is 0 Å². The number of hydrogen-bond donors (Lipinski definition) is 0. The van der Waals surface area contributed by atoms with Crippen LogP contribution in [-0.4, -0.2) is 24.8 Å². The topological polar surface area (TPSA) is 35.5 Å². The third kappa shape index (κ3) is 1.48. The summed E-state index contributed by atoms with van der Waals surface area (Å²) in [5.41, 5.74) is 0.493. The fraction of sp³-hybridized carbons (Fsp3) is 0.941. The van der Waals surface area contributed by atoms with E-state index < -0.39 is 0 Å². The fourth-order valence-corrected chi connectivity index (χ4v) is 6.51. The van der Waals surface area contributed by atoms with Crippen LogP contribution in [-0.2, 0) is 14.3 Å². The predicted octanol–water partition coefficient (Wildman–Crippen LogP) is 3.17. The lowest BCUT2D eigenvalue weighted by Crippen LogP contribution is -2.61. The smallest absolute Gasteiger partial charge is 0.308 e. The second-order valence-corrected chi connectivity index (χ2v) is 8.47. The van der Waals surface area contributed by atoms with Crippen LogP contribution in [0, 0.1) is 28.6 Å². The minimum Gasteiger partial charge on any atom is -0.465 e. The largest absolute Gasteiger partial charge is 0.465 e. The highest BCUT2D eigenvalue weighted by atomic mass is 16.5. The van der Waals surface area contributed by atoms with Gasteiger partial charge in [0.05, 0.1) is 18.1 Å². The molecule has 0 aromatic carbocycles. The van der Waals surface area contributed by atoms with E-state index in [1.807, 2.05) is 0 Å². The van der Waals surface area contributed by atoms with Crippen LogP contribution >= 0.6 is 0 Å². The molecule has 2 saturated heterocycles. The molecule has 0 spiro atoms. The molecule has 2 bridgehead atoms. The van der Waals surface area contributed by atoms with Crippen LogP contribution in [0.4, 0.5) is 0 Å². The molecule has 20 heavy (non-hydrogen) atoms. The summed E-state index contributed by atoms with van der Waals surface area (Å²) in [5.74, 6) is 1.46. The average molecular weight is 278 g/mol. The van der Waals surface area contributed by atoms with Crippen molar-refractivity contribution in [3.05, 3.63) is 0 Å². The van der Waals surface area contributed by atoms with Gasteiger partial charge in [-0.1, -0.05) is 13.8 Å². The van der Waals surface area contributed by atoms with Gasteiger partial charge >= 0.3 is 5.97 Å². The Bertz CT molecular complexity index is 461. The van der Waals surface area contributed by atoms with E-state index >= 15 is 0 Å². The Balaban J connectivity index is 1.77. The van der Waals surface area contributed by atoms with Crippen LogP contribution in [0.3, 0.4) is 0 Å². The van der Waals surface area contributed by atoms with Crippen LogP contribution in [0.1, 0.15) is 52.9 Å². The van der Waals surface area contributed by atoms with Gasteiger partial charge in [-0.3, -0.25) is 4.79 Å². The van der Waals surface area contributed by atoms with Gasteiger partial charge in [0.25, 0.3) is 0 Å². The van der Waals surface area contributed by atoms with Crippen molar-refractivity contribution < 1.29 is 14.3 Å². The van der Waals surface area contributed by atoms with E-state index in [9.17, 15) is 4.79 Å². The number of carbonyl (C=O) groups excluding carboxylic acids is 1. The summed E-state index contributed by atoms with van der Waals surface area (Å²) in [5, 5.41) is 0. The van der Waals surface area contributed by atoms with E-state index in [2.05, 4.69) is 20.8 Å². The van der Waals surface area contributed by atoms with Crippen LogP contribution in [0.2, 0.25) is 0 Å². The van der Waals surface area contributed by atoms with Crippen LogP contribution in [0.5, 0.6) is 0 Å². The summed E-state index contributed by atoms with van der Waals surface area (Å²) < 4.78 is 11.6. The number of rotatable bonds is 0. The molecule has 0 radical (unpaired) electrons. The van der Waals surface area contributed by atoms with Gasteiger partial charge in [-0.25, -0.2) is 0 Å². The Morgan fingerprint density at radius 2 is 1.90 bits per heavy atom. The Labute approximate surface area is 121 Å². The van der Waals surface area contributed by atoms with Gasteiger partial charge in [-0.05, 0) is 56.3 Å². The molecular weight excluding hydrogens is 252 g/mol. The van der Waals surface area contributed by atoms with Crippen molar-refractivity contribution >= 4 is 5.97 Å². The summed E-state index contributed by atoms with van der Waals surface area (Å²) >= 11 is 0. The van der Waals surface area contributed by atoms with E-state index in [0.717, 1.165) is 19.4 Å². The molecule has 3 nitrogen and oxygen atoms in total. The zero-order valence-corrected chi connectivity index (χ0v) is 12.9. The molecule has 2 aliphatic carbocycles. The molecule has 0 amide bonds. The number of fused-ring (bicyclic) bond motifs is 6. The quantitative estimate of drug-likeness (QED) is 0.638. The highest BCUT2D eigenvalue weighted by Crippen LogP contribution is 2.66. The molecule has 2 aliphatic heterocycles. The van der Waals surface area contributed by atoms with Crippen LogP contribution in [0.25, 0.3) is 0 Å². The Morgan fingerprint density at radius 3 is 2.70 bits per heavy atom. The number of carbonyl (C=O) groups is 1. The van der Waals surface area contributed by atoms with Gasteiger partial charge in [-0.15, -0.1) is 0 Å². The van der Waals surface area contributed by atoms with Crippen molar-refractivity contribution in [1.29, 1.82) is 0 Å². The zero-order chi connectivity index (χ0) is 14.2. The first-order valence-electron chi connectivity index (χ1n) is 8.18. The van der Waals surface area contributed by atoms with E-state index in [4.69, 9.17) is 9.47 Å². The number of cyclic esters (lactones) is 1. The summed E-state index contributed by atoms with van der Waals surface area (Å²) in [6.45, 7) is 8.63. The fourth-order valence-electron chi connectivity index (χ4n) is 6.51. The standard InChI is InChI=1S/C17H26O3/c1-15-8-11(14(18)19-10-15)9-16(2)12(15)4-6-17(3)13(16)5-7-20-17/h11-13H,4-10H2,1-3H3/t11-,12+,13-,15-,16+,17-/m1/s1. The maximum absolute atomic E-state index is 12.1.